The van der Waals surface area contributed by atoms with Crippen LogP contribution in [0.25, 0.3) is 0 Å². The Balaban J connectivity index is 1.19. The first kappa shape index (κ1) is 30.1. The minimum atomic E-state index is -0.981. The van der Waals surface area contributed by atoms with Crippen LogP contribution in [0.4, 0.5) is 0 Å². The molecule has 5 aliphatic rings. The molecule has 1 aliphatic heterocycles. The van der Waals surface area contributed by atoms with Crippen LogP contribution in [0.1, 0.15) is 98.3 Å². The fourth-order valence-electron chi connectivity index (χ4n) is 9.46. The van der Waals surface area contributed by atoms with Gasteiger partial charge in [-0.3, -0.25) is 9.59 Å². The van der Waals surface area contributed by atoms with E-state index in [-0.39, 0.29) is 41.3 Å². The van der Waals surface area contributed by atoms with E-state index in [1.54, 1.807) is 0 Å². The van der Waals surface area contributed by atoms with Gasteiger partial charge in [0.25, 0.3) is 5.91 Å². The molecule has 41 heavy (non-hydrogen) atoms. The Labute approximate surface area is 244 Å². The molecule has 3 saturated carbocycles. The molecule has 0 aromatic carbocycles. The number of fused-ring (bicyclic) bond motifs is 5. The lowest BCUT2D eigenvalue weighted by atomic mass is 9.46. The minimum Gasteiger partial charge on any atom is -0.481 e. The number of carbonyl (C=O) groups excluding carboxylic acids is 1. The quantitative estimate of drug-likeness (QED) is 0.299. The lowest BCUT2D eigenvalue weighted by molar-refractivity contribution is -0.139. The summed E-state index contributed by atoms with van der Waals surface area (Å²) in [6.07, 6.45) is 17.0. The average molecular weight is 569 g/mol. The number of carboxylic acids is 1. The second kappa shape index (κ2) is 11.0. The van der Waals surface area contributed by atoms with Crippen LogP contribution in [0, 0.1) is 46.8 Å². The highest BCUT2D eigenvalue weighted by Gasteiger charge is 2.63. The van der Waals surface area contributed by atoms with E-state index in [4.69, 9.17) is 16.0 Å². The molecule has 4 fully saturated rings. The smallest absolute Gasteiger partial charge is 0.305 e. The maximum atomic E-state index is 12.7. The number of nitrogens with one attached hydrogen (secondary N) is 1. The maximum Gasteiger partial charge on any atom is 0.305 e. The Bertz CT molecular complexity index is 1150. The van der Waals surface area contributed by atoms with Gasteiger partial charge >= 0.3 is 5.97 Å². The lowest BCUT2D eigenvalue weighted by Crippen LogP contribution is -2.54. The van der Waals surface area contributed by atoms with E-state index in [0.717, 1.165) is 50.7 Å². The van der Waals surface area contributed by atoms with Crippen molar-refractivity contribution in [3.63, 3.8) is 0 Å². The van der Waals surface area contributed by atoms with Crippen LogP contribution in [-0.2, 0) is 19.2 Å². The maximum absolute atomic E-state index is 12.7. The third-order valence-electron chi connectivity index (χ3n) is 11.8. The zero-order valence-electron chi connectivity index (χ0n) is 25.2. The molecule has 0 spiro atoms. The molecular formula is C33H48N2O6. The standard InChI is InChI=1S/C33H48N2O6/c1-6-33(39)15-11-26-24-8-7-22-17-23(9-13-31(22,4)25(24)10-14-32(26,33)5)35-41-20-28(36)34-27(18-29(37)38)21-12-16-40-30(2,3)19-21/h1,17,21,24-27,39H,7-16,18-20H2,2-5H3,(H,34,36)(H,37,38)/b35-23-/t21-,24+,25+,26-,27+,31+,32+,33+/m1/s1. The Morgan fingerprint density at radius 1 is 1.15 bits per heavy atom. The molecule has 8 nitrogen and oxygen atoms in total. The second-order valence-electron chi connectivity index (χ2n) is 14.5. The van der Waals surface area contributed by atoms with Gasteiger partial charge in [-0.1, -0.05) is 30.5 Å². The number of hydrogen-bond donors (Lipinski definition) is 3. The molecular weight excluding hydrogens is 520 g/mol. The second-order valence-corrected chi connectivity index (χ2v) is 14.5. The Morgan fingerprint density at radius 2 is 1.90 bits per heavy atom. The number of carboxylic acid groups (broad SMARTS) is 1. The fraction of sp³-hybridized carbons (Fsp3) is 0.788. The molecule has 0 unspecified atom stereocenters. The predicted octanol–water partition coefficient (Wildman–Crippen LogP) is 4.85. The predicted molar refractivity (Wildman–Crippen MR) is 156 cm³/mol. The number of terminal acetylenes is 1. The number of amides is 1. The summed E-state index contributed by atoms with van der Waals surface area (Å²) in [6, 6.07) is -0.471. The van der Waals surface area contributed by atoms with E-state index in [1.165, 1.54) is 5.57 Å². The number of oxime groups is 1. The highest BCUT2D eigenvalue weighted by Crippen LogP contribution is 2.67. The highest BCUT2D eigenvalue weighted by atomic mass is 16.6. The summed E-state index contributed by atoms with van der Waals surface area (Å²) in [5.41, 5.74) is 0.883. The van der Waals surface area contributed by atoms with Crippen molar-refractivity contribution in [3.8, 4) is 12.3 Å². The fourth-order valence-corrected chi connectivity index (χ4v) is 9.46. The number of rotatable bonds is 7. The van der Waals surface area contributed by atoms with Gasteiger partial charge in [-0.05, 0) is 113 Å². The van der Waals surface area contributed by atoms with Gasteiger partial charge in [0.1, 0.15) is 5.60 Å². The zero-order valence-corrected chi connectivity index (χ0v) is 25.2. The average Bonchev–Trinajstić information content (AvgIpc) is 3.18. The summed E-state index contributed by atoms with van der Waals surface area (Å²) in [5.74, 6) is 3.14. The minimum absolute atomic E-state index is 0.0308. The topological polar surface area (TPSA) is 117 Å². The Morgan fingerprint density at radius 3 is 2.61 bits per heavy atom. The summed E-state index contributed by atoms with van der Waals surface area (Å²) in [7, 11) is 0. The molecule has 3 N–H and O–H groups in total. The van der Waals surface area contributed by atoms with Crippen LogP contribution in [0.2, 0.25) is 0 Å². The van der Waals surface area contributed by atoms with Crippen molar-refractivity contribution in [3.05, 3.63) is 11.6 Å². The van der Waals surface area contributed by atoms with Crippen molar-refractivity contribution in [2.45, 2.75) is 116 Å². The third-order valence-corrected chi connectivity index (χ3v) is 11.8. The van der Waals surface area contributed by atoms with Crippen LogP contribution in [0.15, 0.2) is 16.8 Å². The van der Waals surface area contributed by atoms with E-state index in [1.807, 2.05) is 13.8 Å². The van der Waals surface area contributed by atoms with Gasteiger partial charge in [0.05, 0.1) is 17.7 Å². The van der Waals surface area contributed by atoms with Gasteiger partial charge in [0.2, 0.25) is 0 Å². The number of aliphatic hydroxyl groups is 1. The molecule has 0 bridgehead atoms. The molecule has 0 aromatic heterocycles. The molecule has 0 aromatic rings. The number of carbonyl (C=O) groups is 2. The number of nitrogens with zero attached hydrogens (tertiary/aromatic N) is 1. The van der Waals surface area contributed by atoms with Gasteiger partial charge in [-0.25, -0.2) is 0 Å². The number of aliphatic carboxylic acids is 1. The Kier molecular flexibility index (Phi) is 8.10. The van der Waals surface area contributed by atoms with Crippen molar-refractivity contribution >= 4 is 17.6 Å². The van der Waals surface area contributed by atoms with Crippen LogP contribution >= 0.6 is 0 Å². The number of ether oxygens (including phenoxy) is 1. The van der Waals surface area contributed by atoms with E-state index in [9.17, 15) is 19.8 Å². The monoisotopic (exact) mass is 568 g/mol. The van der Waals surface area contributed by atoms with Crippen LogP contribution in [-0.4, -0.2) is 58.3 Å². The number of allylic oxidation sites excluding steroid dienone is 2. The molecule has 1 saturated heterocycles. The lowest BCUT2D eigenvalue weighted by Gasteiger charge is -2.58. The number of hydrogen-bond acceptors (Lipinski definition) is 6. The van der Waals surface area contributed by atoms with Crippen molar-refractivity contribution in [1.82, 2.24) is 5.32 Å². The molecule has 5 rings (SSSR count). The molecule has 4 aliphatic carbocycles. The van der Waals surface area contributed by atoms with Gasteiger partial charge in [0.15, 0.2) is 6.61 Å². The van der Waals surface area contributed by atoms with Gasteiger partial charge < -0.3 is 25.1 Å². The largest absolute Gasteiger partial charge is 0.481 e. The third kappa shape index (κ3) is 5.57. The zero-order chi connectivity index (χ0) is 29.6. The van der Waals surface area contributed by atoms with Crippen molar-refractivity contribution in [1.29, 1.82) is 0 Å². The van der Waals surface area contributed by atoms with E-state index in [2.05, 4.69) is 36.3 Å². The normalized spacial score (nSPS) is 41.2. The van der Waals surface area contributed by atoms with E-state index in [0.29, 0.717) is 43.6 Å². The summed E-state index contributed by atoms with van der Waals surface area (Å²) in [6.45, 7) is 8.93. The van der Waals surface area contributed by atoms with E-state index >= 15 is 0 Å². The van der Waals surface area contributed by atoms with E-state index < -0.39 is 17.6 Å². The summed E-state index contributed by atoms with van der Waals surface area (Å²) >= 11 is 0. The Hall–Kier alpha value is -2.37. The molecule has 8 atom stereocenters. The summed E-state index contributed by atoms with van der Waals surface area (Å²) in [4.78, 5) is 29.7. The molecule has 0 radical (unpaired) electrons. The van der Waals surface area contributed by atoms with Crippen LogP contribution in [0.3, 0.4) is 0 Å². The van der Waals surface area contributed by atoms with Crippen molar-refractivity contribution in [2.24, 2.45) is 39.7 Å². The molecule has 226 valence electrons. The van der Waals surface area contributed by atoms with Gasteiger partial charge in [0, 0.05) is 18.1 Å². The van der Waals surface area contributed by atoms with Crippen molar-refractivity contribution < 1.29 is 29.4 Å². The SMILES string of the molecule is C#C[C@]1(O)CC[C@@H]2[C@H]3CCC4=C/C(=N\OCC(=O)N[C@@H](CC(=O)O)[C@@H]5CCOC(C)(C)C5)CC[C@]4(C)[C@H]3CC[C@@]21C. The summed E-state index contributed by atoms with van der Waals surface area (Å²) < 4.78 is 5.77. The van der Waals surface area contributed by atoms with Gasteiger partial charge in [-0.15, -0.1) is 6.42 Å². The molecule has 8 heteroatoms. The molecule has 1 heterocycles. The molecule has 1 amide bonds. The first-order valence-electron chi connectivity index (χ1n) is 15.6. The van der Waals surface area contributed by atoms with Gasteiger partial charge in [-0.2, -0.15) is 0 Å². The first-order valence-corrected chi connectivity index (χ1v) is 15.6. The first-order chi connectivity index (χ1) is 19.3. The van der Waals surface area contributed by atoms with Crippen LogP contribution in [0.5, 0.6) is 0 Å². The van der Waals surface area contributed by atoms with Crippen molar-refractivity contribution in [2.75, 3.05) is 13.2 Å². The van der Waals surface area contributed by atoms with Crippen LogP contribution < -0.4 is 5.32 Å². The summed E-state index contributed by atoms with van der Waals surface area (Å²) in [5, 5.41) is 27.9. The highest BCUT2D eigenvalue weighted by molar-refractivity contribution is 5.96.